The molecule has 3 amide bonds. The van der Waals surface area contributed by atoms with Gasteiger partial charge in [0, 0.05) is 29.6 Å². The number of piperidine rings is 1. The molecule has 1 aromatic heterocycles. The van der Waals surface area contributed by atoms with Gasteiger partial charge in [-0.15, -0.1) is 0 Å². The van der Waals surface area contributed by atoms with Crippen LogP contribution in [0.4, 0.5) is 11.4 Å². The van der Waals surface area contributed by atoms with Crippen molar-refractivity contribution in [1.82, 2.24) is 15.5 Å². The predicted molar refractivity (Wildman–Crippen MR) is 111 cm³/mol. The van der Waals surface area contributed by atoms with Crippen LogP contribution in [0.15, 0.2) is 42.5 Å². The summed E-state index contributed by atoms with van der Waals surface area (Å²) in [6.07, 6.45) is 1.24. The fourth-order valence-electron chi connectivity index (χ4n) is 3.92. The molecule has 0 saturated carbocycles. The molecule has 3 aromatic rings. The van der Waals surface area contributed by atoms with Crippen molar-refractivity contribution in [1.29, 1.82) is 0 Å². The van der Waals surface area contributed by atoms with Crippen LogP contribution >= 0.6 is 0 Å². The molecule has 2 aromatic carbocycles. The van der Waals surface area contributed by atoms with Crippen molar-refractivity contribution in [3.8, 4) is 0 Å². The molecule has 1 aliphatic heterocycles. The number of hydrogen-bond donors (Lipinski definition) is 3. The highest BCUT2D eigenvalue weighted by Crippen LogP contribution is 2.36. The summed E-state index contributed by atoms with van der Waals surface area (Å²) in [5.41, 5.74) is 0.870. The number of aromatic nitrogens is 2. The Labute approximate surface area is 176 Å². The predicted octanol–water partition coefficient (Wildman–Crippen LogP) is 2.81. The van der Waals surface area contributed by atoms with Crippen LogP contribution in [0.2, 0.25) is 0 Å². The topological polar surface area (TPSA) is 147 Å². The Balaban J connectivity index is 1.57. The molecular weight excluding hydrogens is 402 g/mol. The Hall–Kier alpha value is -4.08. The third kappa shape index (κ3) is 3.52. The van der Waals surface area contributed by atoms with Crippen LogP contribution in [-0.2, 0) is 15.0 Å². The molecule has 1 saturated heterocycles. The van der Waals surface area contributed by atoms with E-state index in [2.05, 4.69) is 20.8 Å². The first kappa shape index (κ1) is 20.2. The first-order valence-electron chi connectivity index (χ1n) is 9.73. The Morgan fingerprint density at radius 2 is 1.97 bits per heavy atom. The van der Waals surface area contributed by atoms with E-state index in [1.165, 1.54) is 18.2 Å². The number of imide groups is 1. The minimum atomic E-state index is -0.784. The summed E-state index contributed by atoms with van der Waals surface area (Å²) in [5, 5.41) is 23.2. The maximum atomic E-state index is 12.7. The first-order chi connectivity index (χ1) is 14.8. The van der Waals surface area contributed by atoms with Crippen LogP contribution in [-0.4, -0.2) is 32.8 Å². The normalized spacial score (nSPS) is 18.6. The van der Waals surface area contributed by atoms with Crippen LogP contribution in [0.5, 0.6) is 0 Å². The molecule has 10 nitrogen and oxygen atoms in total. The molecule has 0 bridgehead atoms. The number of hydrogen-bond acceptors (Lipinski definition) is 6. The van der Waals surface area contributed by atoms with Gasteiger partial charge in [0.1, 0.15) is 0 Å². The SMILES string of the molecule is CCC1(c2ccc(NC(=O)c3n[nH]c4ccc([N+](=O)[O-])cc34)cc2)CCC(=O)NC1=O. The zero-order chi connectivity index (χ0) is 22.2. The molecular formula is C21H19N5O5. The second-order valence-electron chi connectivity index (χ2n) is 7.40. The lowest BCUT2D eigenvalue weighted by Gasteiger charge is -2.35. The highest BCUT2D eigenvalue weighted by molar-refractivity contribution is 6.11. The summed E-state index contributed by atoms with van der Waals surface area (Å²) in [6, 6.07) is 11.0. The average Bonchev–Trinajstić information content (AvgIpc) is 3.18. The van der Waals surface area contributed by atoms with Gasteiger partial charge in [0.2, 0.25) is 11.8 Å². The number of aromatic amines is 1. The molecule has 2 heterocycles. The number of rotatable bonds is 5. The summed E-state index contributed by atoms with van der Waals surface area (Å²) in [7, 11) is 0. The van der Waals surface area contributed by atoms with Gasteiger partial charge in [0.25, 0.3) is 11.6 Å². The lowest BCUT2D eigenvalue weighted by Crippen LogP contribution is -2.51. The molecule has 1 atom stereocenters. The number of carbonyl (C=O) groups excluding carboxylic acids is 3. The first-order valence-corrected chi connectivity index (χ1v) is 9.73. The lowest BCUT2D eigenvalue weighted by molar-refractivity contribution is -0.384. The highest BCUT2D eigenvalue weighted by atomic mass is 16.6. The van der Waals surface area contributed by atoms with E-state index in [1.807, 2.05) is 6.92 Å². The number of amides is 3. The van der Waals surface area contributed by atoms with Gasteiger partial charge in [0.15, 0.2) is 5.69 Å². The highest BCUT2D eigenvalue weighted by Gasteiger charge is 2.42. The summed E-state index contributed by atoms with van der Waals surface area (Å²) >= 11 is 0. The molecule has 158 valence electrons. The number of nitro benzene ring substituents is 1. The molecule has 1 fully saturated rings. The number of H-pyrrole nitrogens is 1. The van der Waals surface area contributed by atoms with Crippen LogP contribution in [0.1, 0.15) is 42.2 Å². The van der Waals surface area contributed by atoms with E-state index >= 15 is 0 Å². The molecule has 1 unspecified atom stereocenters. The van der Waals surface area contributed by atoms with Gasteiger partial charge < -0.3 is 5.32 Å². The van der Waals surface area contributed by atoms with Gasteiger partial charge in [-0.25, -0.2) is 0 Å². The number of carbonyl (C=O) groups is 3. The number of nitrogens with one attached hydrogen (secondary N) is 3. The Morgan fingerprint density at radius 1 is 1.23 bits per heavy atom. The largest absolute Gasteiger partial charge is 0.321 e. The second-order valence-corrected chi connectivity index (χ2v) is 7.40. The van der Waals surface area contributed by atoms with Crippen LogP contribution in [0, 0.1) is 10.1 Å². The van der Waals surface area contributed by atoms with Gasteiger partial charge in [-0.3, -0.25) is 34.9 Å². The van der Waals surface area contributed by atoms with E-state index in [0.29, 0.717) is 29.4 Å². The van der Waals surface area contributed by atoms with Gasteiger partial charge >= 0.3 is 0 Å². The summed E-state index contributed by atoms with van der Waals surface area (Å²) in [6.45, 7) is 1.90. The molecule has 10 heteroatoms. The zero-order valence-corrected chi connectivity index (χ0v) is 16.6. The number of nitrogens with zero attached hydrogens (tertiary/aromatic N) is 2. The smallest absolute Gasteiger partial charge is 0.276 e. The number of non-ortho nitro benzene ring substituents is 1. The molecule has 4 rings (SSSR count). The molecule has 31 heavy (non-hydrogen) atoms. The fraction of sp³-hybridized carbons (Fsp3) is 0.238. The maximum Gasteiger partial charge on any atom is 0.276 e. The molecule has 0 radical (unpaired) electrons. The third-order valence-electron chi connectivity index (χ3n) is 5.74. The van der Waals surface area contributed by atoms with E-state index in [1.54, 1.807) is 24.3 Å². The molecule has 3 N–H and O–H groups in total. The van der Waals surface area contributed by atoms with E-state index in [-0.39, 0.29) is 29.6 Å². The van der Waals surface area contributed by atoms with Gasteiger partial charge in [-0.2, -0.15) is 5.10 Å². The van der Waals surface area contributed by atoms with Crippen molar-refractivity contribution < 1.29 is 19.3 Å². The Morgan fingerprint density at radius 3 is 2.61 bits per heavy atom. The van der Waals surface area contributed by atoms with Crippen molar-refractivity contribution in [2.75, 3.05) is 5.32 Å². The summed E-state index contributed by atoms with van der Waals surface area (Å²) in [4.78, 5) is 47.2. The van der Waals surface area contributed by atoms with Crippen molar-refractivity contribution in [2.24, 2.45) is 0 Å². The second kappa shape index (κ2) is 7.63. The molecule has 0 aliphatic carbocycles. The van der Waals surface area contributed by atoms with E-state index in [0.717, 1.165) is 5.56 Å². The van der Waals surface area contributed by atoms with Gasteiger partial charge in [0.05, 0.1) is 15.9 Å². The summed E-state index contributed by atoms with van der Waals surface area (Å²) in [5.74, 6) is -1.11. The molecule has 0 spiro atoms. The van der Waals surface area contributed by atoms with Gasteiger partial charge in [-0.1, -0.05) is 19.1 Å². The number of anilines is 1. The van der Waals surface area contributed by atoms with E-state index < -0.39 is 16.2 Å². The van der Waals surface area contributed by atoms with Crippen LogP contribution in [0.25, 0.3) is 10.9 Å². The van der Waals surface area contributed by atoms with Crippen molar-refractivity contribution in [3.63, 3.8) is 0 Å². The van der Waals surface area contributed by atoms with Gasteiger partial charge in [-0.05, 0) is 36.6 Å². The standard InChI is InChI=1S/C21H19N5O5/c1-2-21(10-9-17(27)23-20(21)29)12-3-5-13(6-4-12)22-19(28)18-15-11-14(26(30)31)7-8-16(15)24-25-18/h3-8,11H,2,9-10H2,1H3,(H,22,28)(H,24,25)(H,23,27,29). The Kier molecular flexibility index (Phi) is 4.97. The van der Waals surface area contributed by atoms with E-state index in [9.17, 15) is 24.5 Å². The third-order valence-corrected chi connectivity index (χ3v) is 5.74. The minimum absolute atomic E-state index is 0.0398. The van der Waals surface area contributed by atoms with Crippen molar-refractivity contribution in [3.05, 3.63) is 63.8 Å². The number of benzene rings is 2. The fourth-order valence-corrected chi connectivity index (χ4v) is 3.92. The quantitative estimate of drug-likeness (QED) is 0.328. The molecule has 1 aliphatic rings. The van der Waals surface area contributed by atoms with Crippen molar-refractivity contribution in [2.45, 2.75) is 31.6 Å². The zero-order valence-electron chi connectivity index (χ0n) is 16.6. The monoisotopic (exact) mass is 421 g/mol. The maximum absolute atomic E-state index is 12.7. The van der Waals surface area contributed by atoms with E-state index in [4.69, 9.17) is 0 Å². The van der Waals surface area contributed by atoms with Crippen LogP contribution < -0.4 is 10.6 Å². The lowest BCUT2D eigenvalue weighted by atomic mass is 9.72. The number of fused-ring (bicyclic) bond motifs is 1. The summed E-state index contributed by atoms with van der Waals surface area (Å²) < 4.78 is 0. The van der Waals surface area contributed by atoms with Crippen molar-refractivity contribution >= 4 is 40.0 Å². The Bertz CT molecular complexity index is 1220. The van der Waals surface area contributed by atoms with Crippen LogP contribution in [0.3, 0.4) is 0 Å². The number of nitro groups is 1. The average molecular weight is 421 g/mol. The minimum Gasteiger partial charge on any atom is -0.321 e.